The fourth-order valence-electron chi connectivity index (χ4n) is 4.21. The predicted octanol–water partition coefficient (Wildman–Crippen LogP) is 2.65. The van der Waals surface area contributed by atoms with E-state index in [-0.39, 0.29) is 0 Å². The summed E-state index contributed by atoms with van der Waals surface area (Å²) in [5.41, 5.74) is 3.55. The molecule has 5 heteroatoms. The number of likely N-dealkylation sites (tertiary alicyclic amines) is 1. The van der Waals surface area contributed by atoms with Gasteiger partial charge in [0, 0.05) is 56.9 Å². The number of fused-ring (bicyclic) bond motifs is 1. The van der Waals surface area contributed by atoms with Crippen LogP contribution in [-0.2, 0) is 17.8 Å². The van der Waals surface area contributed by atoms with Crippen LogP contribution in [0.4, 0.5) is 0 Å². The summed E-state index contributed by atoms with van der Waals surface area (Å²) in [6.45, 7) is 7.99. The molecule has 0 amide bonds. The number of aryl methyl sites for hydroxylation is 1. The van der Waals surface area contributed by atoms with E-state index in [1.165, 1.54) is 11.3 Å². The van der Waals surface area contributed by atoms with Gasteiger partial charge in [0.2, 0.25) is 0 Å². The number of hydrogen-bond donors (Lipinski definition) is 0. The van der Waals surface area contributed by atoms with Crippen molar-refractivity contribution in [2.24, 2.45) is 0 Å². The molecule has 4 rings (SSSR count). The molecule has 2 aromatic heterocycles. The highest BCUT2D eigenvalue weighted by atomic mass is 16.5. The quantitative estimate of drug-likeness (QED) is 0.846. The fraction of sp³-hybridized carbons (Fsp3) is 0.524. The van der Waals surface area contributed by atoms with Gasteiger partial charge in [-0.15, -0.1) is 0 Å². The van der Waals surface area contributed by atoms with E-state index in [2.05, 4.69) is 51.0 Å². The highest BCUT2D eigenvalue weighted by molar-refractivity contribution is 5.10. The number of rotatable bonds is 4. The Labute approximate surface area is 156 Å². The average Bonchev–Trinajstić information content (AvgIpc) is 2.86. The van der Waals surface area contributed by atoms with E-state index in [0.29, 0.717) is 12.1 Å². The molecule has 0 N–H and O–H groups in total. The van der Waals surface area contributed by atoms with Gasteiger partial charge in [-0.25, -0.2) is 0 Å². The Hall–Kier alpha value is -1.82. The van der Waals surface area contributed by atoms with Gasteiger partial charge in [-0.05, 0) is 43.5 Å². The first kappa shape index (κ1) is 17.6. The Morgan fingerprint density at radius 2 is 2.00 bits per heavy atom. The molecule has 0 spiro atoms. The van der Waals surface area contributed by atoms with Crippen LogP contribution in [0.2, 0.25) is 0 Å². The lowest BCUT2D eigenvalue weighted by molar-refractivity contribution is -0.0747. The molecule has 2 aromatic rings. The number of hydrogen-bond acceptors (Lipinski definition) is 5. The van der Waals surface area contributed by atoms with Gasteiger partial charge in [0.15, 0.2) is 0 Å². The van der Waals surface area contributed by atoms with Gasteiger partial charge < -0.3 is 4.74 Å². The van der Waals surface area contributed by atoms with Crippen LogP contribution in [0.15, 0.2) is 42.7 Å². The Morgan fingerprint density at radius 3 is 2.85 bits per heavy atom. The Balaban J connectivity index is 1.40. The summed E-state index contributed by atoms with van der Waals surface area (Å²) in [4.78, 5) is 14.1. The Bertz CT molecular complexity index is 708. The van der Waals surface area contributed by atoms with Gasteiger partial charge in [-0.2, -0.15) is 0 Å². The minimum atomic E-state index is 0.343. The maximum atomic E-state index is 6.15. The molecule has 0 radical (unpaired) electrons. The Morgan fingerprint density at radius 1 is 1.08 bits per heavy atom. The summed E-state index contributed by atoms with van der Waals surface area (Å²) in [6, 6.07) is 11.0. The van der Waals surface area contributed by atoms with E-state index in [0.717, 1.165) is 57.9 Å². The lowest BCUT2D eigenvalue weighted by atomic mass is 10.0. The van der Waals surface area contributed by atoms with Crippen LogP contribution in [0.25, 0.3) is 0 Å². The number of pyridine rings is 2. The van der Waals surface area contributed by atoms with Crippen LogP contribution in [0.5, 0.6) is 0 Å². The number of morpholine rings is 1. The topological polar surface area (TPSA) is 41.5 Å². The lowest BCUT2D eigenvalue weighted by Gasteiger charge is -2.40. The normalized spacial score (nSPS) is 24.8. The highest BCUT2D eigenvalue weighted by Gasteiger charge is 2.34. The van der Waals surface area contributed by atoms with Crippen molar-refractivity contribution >= 4 is 0 Å². The molecular weight excluding hydrogens is 324 g/mol. The molecule has 0 bridgehead atoms. The molecule has 2 fully saturated rings. The van der Waals surface area contributed by atoms with Crippen molar-refractivity contribution in [1.82, 2.24) is 19.8 Å². The van der Waals surface area contributed by atoms with E-state index >= 15 is 0 Å². The molecule has 2 aliphatic rings. The van der Waals surface area contributed by atoms with Crippen LogP contribution < -0.4 is 0 Å². The maximum Gasteiger partial charge on any atom is 0.0743 e. The van der Waals surface area contributed by atoms with Gasteiger partial charge in [-0.3, -0.25) is 19.8 Å². The van der Waals surface area contributed by atoms with Crippen molar-refractivity contribution < 1.29 is 4.74 Å². The van der Waals surface area contributed by atoms with E-state index in [9.17, 15) is 0 Å². The second-order valence-electron chi connectivity index (χ2n) is 7.43. The van der Waals surface area contributed by atoms with Gasteiger partial charge >= 0.3 is 0 Å². The molecule has 26 heavy (non-hydrogen) atoms. The van der Waals surface area contributed by atoms with Crippen molar-refractivity contribution in [3.05, 3.63) is 59.7 Å². The fourth-order valence-corrected chi connectivity index (χ4v) is 4.21. The molecule has 4 heterocycles. The molecule has 0 saturated carbocycles. The number of aromatic nitrogens is 2. The minimum absolute atomic E-state index is 0.343. The third kappa shape index (κ3) is 4.29. The van der Waals surface area contributed by atoms with Crippen molar-refractivity contribution in [3.63, 3.8) is 0 Å². The largest absolute Gasteiger partial charge is 0.375 e. The number of ether oxygens (including phenoxy) is 1. The molecule has 5 nitrogen and oxygen atoms in total. The summed E-state index contributed by atoms with van der Waals surface area (Å²) in [7, 11) is 0. The minimum Gasteiger partial charge on any atom is -0.375 e. The van der Waals surface area contributed by atoms with Crippen LogP contribution in [0, 0.1) is 6.92 Å². The van der Waals surface area contributed by atoms with Gasteiger partial charge in [0.05, 0.1) is 18.4 Å². The molecular formula is C21H28N4O. The first-order valence-electron chi connectivity index (χ1n) is 9.67. The van der Waals surface area contributed by atoms with E-state index in [1.807, 2.05) is 18.5 Å². The van der Waals surface area contributed by atoms with Crippen molar-refractivity contribution in [3.8, 4) is 0 Å². The third-order valence-corrected chi connectivity index (χ3v) is 5.52. The molecule has 0 unspecified atom stereocenters. The highest BCUT2D eigenvalue weighted by Crippen LogP contribution is 2.25. The zero-order valence-corrected chi connectivity index (χ0v) is 15.6. The standard InChI is InChI=1S/C21H28N4O/c1-17-4-2-6-19(23-17)16-24-10-7-20-21(8-11-24)26-13-12-25(20)15-18-5-3-9-22-14-18/h2-6,9,14,20-21H,7-8,10-13,15-16H2,1H3/t20-,21+/m0/s1. The predicted molar refractivity (Wildman–Crippen MR) is 102 cm³/mol. The third-order valence-electron chi connectivity index (χ3n) is 5.52. The van der Waals surface area contributed by atoms with Crippen molar-refractivity contribution in [2.75, 3.05) is 26.2 Å². The first-order valence-corrected chi connectivity index (χ1v) is 9.67. The summed E-state index contributed by atoms with van der Waals surface area (Å²) in [6.07, 6.45) is 6.41. The smallest absolute Gasteiger partial charge is 0.0743 e. The van der Waals surface area contributed by atoms with E-state index < -0.39 is 0 Å². The van der Waals surface area contributed by atoms with Crippen LogP contribution >= 0.6 is 0 Å². The monoisotopic (exact) mass is 352 g/mol. The number of nitrogens with zero attached hydrogens (tertiary/aromatic N) is 4. The van der Waals surface area contributed by atoms with Crippen LogP contribution in [0.3, 0.4) is 0 Å². The second kappa shape index (κ2) is 8.25. The lowest BCUT2D eigenvalue weighted by Crippen LogP contribution is -2.50. The first-order chi connectivity index (χ1) is 12.8. The Kier molecular flexibility index (Phi) is 5.58. The summed E-state index contributed by atoms with van der Waals surface area (Å²) in [5.74, 6) is 0. The van der Waals surface area contributed by atoms with Crippen LogP contribution in [0.1, 0.15) is 29.8 Å². The van der Waals surface area contributed by atoms with Gasteiger partial charge in [0.25, 0.3) is 0 Å². The second-order valence-corrected chi connectivity index (χ2v) is 7.43. The molecule has 0 aliphatic carbocycles. The summed E-state index contributed by atoms with van der Waals surface area (Å²) >= 11 is 0. The van der Waals surface area contributed by atoms with Crippen molar-refractivity contribution in [2.45, 2.75) is 45.0 Å². The van der Waals surface area contributed by atoms with Crippen molar-refractivity contribution in [1.29, 1.82) is 0 Å². The molecule has 2 atom stereocenters. The molecule has 138 valence electrons. The average molecular weight is 352 g/mol. The zero-order valence-electron chi connectivity index (χ0n) is 15.6. The molecule has 2 saturated heterocycles. The van der Waals surface area contributed by atoms with Gasteiger partial charge in [0.1, 0.15) is 0 Å². The maximum absolute atomic E-state index is 6.15. The van der Waals surface area contributed by atoms with E-state index in [1.54, 1.807) is 0 Å². The van der Waals surface area contributed by atoms with Gasteiger partial charge in [-0.1, -0.05) is 12.1 Å². The molecule has 2 aliphatic heterocycles. The molecule has 0 aromatic carbocycles. The van der Waals surface area contributed by atoms with E-state index in [4.69, 9.17) is 4.74 Å². The SMILES string of the molecule is Cc1cccc(CN2CC[C@H]3OCCN(Cc4cccnc4)[C@H]3CC2)n1. The summed E-state index contributed by atoms with van der Waals surface area (Å²) in [5, 5.41) is 0. The summed E-state index contributed by atoms with van der Waals surface area (Å²) < 4.78 is 6.15. The zero-order chi connectivity index (χ0) is 17.8. The van der Waals surface area contributed by atoms with Crippen LogP contribution in [-0.4, -0.2) is 58.2 Å².